The topological polar surface area (TPSA) is 55.1 Å². The molecule has 1 aliphatic heterocycles. The quantitative estimate of drug-likeness (QED) is 0.631. The summed E-state index contributed by atoms with van der Waals surface area (Å²) >= 11 is 0. The molecule has 6 heteroatoms. The van der Waals surface area contributed by atoms with E-state index in [1.54, 1.807) is 0 Å². The Bertz CT molecular complexity index is 756. The van der Waals surface area contributed by atoms with E-state index in [1.165, 1.54) is 29.2 Å². The fourth-order valence-corrected chi connectivity index (χ4v) is 3.21. The van der Waals surface area contributed by atoms with Gasteiger partial charge in [-0.25, -0.2) is 9.82 Å². The van der Waals surface area contributed by atoms with Gasteiger partial charge < -0.3 is 9.64 Å². The van der Waals surface area contributed by atoms with Crippen molar-refractivity contribution in [2.75, 3.05) is 26.3 Å². The predicted octanol–water partition coefficient (Wildman–Crippen LogP) is 1.59. The SMILES string of the molecule is C/C(=N/NC(=O)c1ccc(F)cc1)[C@@H](c1ccccc1)[NH+]1CCOCC1. The highest BCUT2D eigenvalue weighted by Gasteiger charge is 2.29. The maximum absolute atomic E-state index is 13.0. The van der Waals surface area contributed by atoms with Crippen LogP contribution in [0.3, 0.4) is 0 Å². The average Bonchev–Trinajstić information content (AvgIpc) is 2.68. The Morgan fingerprint density at radius 3 is 2.42 bits per heavy atom. The van der Waals surface area contributed by atoms with Crippen LogP contribution in [0.25, 0.3) is 0 Å². The highest BCUT2D eigenvalue weighted by molar-refractivity contribution is 5.95. The van der Waals surface area contributed by atoms with Gasteiger partial charge in [-0.3, -0.25) is 4.79 Å². The van der Waals surface area contributed by atoms with Gasteiger partial charge in [0.2, 0.25) is 0 Å². The van der Waals surface area contributed by atoms with Crippen LogP contribution < -0.4 is 10.3 Å². The smallest absolute Gasteiger partial charge is 0.271 e. The number of amides is 1. The summed E-state index contributed by atoms with van der Waals surface area (Å²) < 4.78 is 18.5. The van der Waals surface area contributed by atoms with Crippen LogP contribution >= 0.6 is 0 Å². The van der Waals surface area contributed by atoms with E-state index in [0.29, 0.717) is 18.8 Å². The Morgan fingerprint density at radius 2 is 1.77 bits per heavy atom. The average molecular weight is 356 g/mol. The van der Waals surface area contributed by atoms with Crippen LogP contribution in [-0.4, -0.2) is 37.9 Å². The minimum atomic E-state index is -0.374. The van der Waals surface area contributed by atoms with Gasteiger partial charge in [0.1, 0.15) is 18.9 Å². The molecular formula is C20H23FN3O2+. The van der Waals surface area contributed by atoms with Crippen molar-refractivity contribution in [3.8, 4) is 0 Å². The molecule has 136 valence electrons. The number of halogens is 1. The monoisotopic (exact) mass is 356 g/mol. The van der Waals surface area contributed by atoms with Crippen LogP contribution in [0, 0.1) is 5.82 Å². The summed E-state index contributed by atoms with van der Waals surface area (Å²) in [6.45, 7) is 5.13. The van der Waals surface area contributed by atoms with Crippen LogP contribution in [0.15, 0.2) is 59.7 Å². The van der Waals surface area contributed by atoms with Gasteiger partial charge in [-0.2, -0.15) is 5.10 Å². The van der Waals surface area contributed by atoms with Crippen molar-refractivity contribution in [2.45, 2.75) is 13.0 Å². The molecule has 1 heterocycles. The van der Waals surface area contributed by atoms with E-state index >= 15 is 0 Å². The molecule has 3 rings (SSSR count). The molecule has 2 N–H and O–H groups in total. The maximum atomic E-state index is 13.0. The lowest BCUT2D eigenvalue weighted by Crippen LogP contribution is -3.15. The van der Waals surface area contributed by atoms with Crippen LogP contribution in [0.2, 0.25) is 0 Å². The zero-order chi connectivity index (χ0) is 18.4. The molecule has 1 atom stereocenters. The molecule has 26 heavy (non-hydrogen) atoms. The summed E-state index contributed by atoms with van der Waals surface area (Å²) in [6.07, 6.45) is 0. The number of hydrogen-bond acceptors (Lipinski definition) is 3. The van der Waals surface area contributed by atoms with Crippen molar-refractivity contribution in [3.05, 3.63) is 71.5 Å². The van der Waals surface area contributed by atoms with Gasteiger partial charge >= 0.3 is 0 Å². The number of ether oxygens (including phenoxy) is 1. The largest absolute Gasteiger partial charge is 0.370 e. The van der Waals surface area contributed by atoms with Crippen molar-refractivity contribution < 1.29 is 18.8 Å². The Hall–Kier alpha value is -2.57. The van der Waals surface area contributed by atoms with Crippen molar-refractivity contribution in [2.24, 2.45) is 5.10 Å². The molecule has 2 aromatic carbocycles. The number of quaternary nitrogens is 1. The number of rotatable bonds is 5. The molecule has 0 bridgehead atoms. The number of nitrogens with one attached hydrogen (secondary N) is 2. The van der Waals surface area contributed by atoms with Crippen LogP contribution in [0.5, 0.6) is 0 Å². The van der Waals surface area contributed by atoms with Gasteiger partial charge in [-0.15, -0.1) is 0 Å². The van der Waals surface area contributed by atoms with Gasteiger partial charge in [0.15, 0.2) is 6.04 Å². The van der Waals surface area contributed by atoms with Gasteiger partial charge in [0, 0.05) is 11.1 Å². The van der Waals surface area contributed by atoms with Crippen LogP contribution in [0.1, 0.15) is 28.9 Å². The first-order valence-electron chi connectivity index (χ1n) is 8.72. The Kier molecular flexibility index (Phi) is 6.09. The molecule has 0 aliphatic carbocycles. The Balaban J connectivity index is 1.77. The van der Waals surface area contributed by atoms with Crippen molar-refractivity contribution in [1.82, 2.24) is 5.43 Å². The molecule has 1 fully saturated rings. The van der Waals surface area contributed by atoms with Gasteiger partial charge in [0.25, 0.3) is 5.91 Å². The second-order valence-electron chi connectivity index (χ2n) is 6.32. The maximum Gasteiger partial charge on any atom is 0.271 e. The third kappa shape index (κ3) is 4.53. The lowest BCUT2D eigenvalue weighted by molar-refractivity contribution is -0.928. The number of carbonyl (C=O) groups is 1. The number of benzene rings is 2. The van der Waals surface area contributed by atoms with E-state index in [-0.39, 0.29) is 17.8 Å². The van der Waals surface area contributed by atoms with E-state index < -0.39 is 0 Å². The highest BCUT2D eigenvalue weighted by Crippen LogP contribution is 2.12. The lowest BCUT2D eigenvalue weighted by Gasteiger charge is -2.31. The van der Waals surface area contributed by atoms with Crippen LogP contribution in [0.4, 0.5) is 4.39 Å². The van der Waals surface area contributed by atoms with Crippen molar-refractivity contribution in [1.29, 1.82) is 0 Å². The summed E-state index contributed by atoms with van der Waals surface area (Å²) in [6, 6.07) is 15.6. The summed E-state index contributed by atoms with van der Waals surface area (Å²) in [4.78, 5) is 13.6. The molecule has 0 unspecified atom stereocenters. The normalized spacial score (nSPS) is 16.9. The summed E-state index contributed by atoms with van der Waals surface area (Å²) in [5.74, 6) is -0.727. The summed E-state index contributed by atoms with van der Waals surface area (Å²) in [5, 5.41) is 4.34. The zero-order valence-corrected chi connectivity index (χ0v) is 14.7. The molecule has 5 nitrogen and oxygen atoms in total. The van der Waals surface area contributed by atoms with E-state index in [9.17, 15) is 9.18 Å². The molecule has 0 radical (unpaired) electrons. The molecule has 0 saturated carbocycles. The van der Waals surface area contributed by atoms with E-state index in [0.717, 1.165) is 24.4 Å². The van der Waals surface area contributed by atoms with E-state index in [1.807, 2.05) is 25.1 Å². The number of morpholine rings is 1. The number of carbonyl (C=O) groups excluding carboxylic acids is 1. The molecule has 1 aliphatic rings. The zero-order valence-electron chi connectivity index (χ0n) is 14.7. The van der Waals surface area contributed by atoms with Gasteiger partial charge in [0.05, 0.1) is 18.9 Å². The molecule has 0 spiro atoms. The third-order valence-corrected chi connectivity index (χ3v) is 4.53. The van der Waals surface area contributed by atoms with Gasteiger partial charge in [-0.05, 0) is 31.2 Å². The van der Waals surface area contributed by atoms with Crippen LogP contribution in [-0.2, 0) is 4.74 Å². The summed E-state index contributed by atoms with van der Waals surface area (Å²) in [7, 11) is 0. The fraction of sp³-hybridized carbons (Fsp3) is 0.300. The first-order valence-corrected chi connectivity index (χ1v) is 8.72. The van der Waals surface area contributed by atoms with Crippen molar-refractivity contribution >= 4 is 11.6 Å². The van der Waals surface area contributed by atoms with E-state index in [4.69, 9.17) is 4.74 Å². The molecule has 2 aromatic rings. The standard InChI is InChI=1S/C20H22FN3O2/c1-15(22-23-20(25)17-7-9-18(21)10-8-17)19(16-5-3-2-4-6-16)24-11-13-26-14-12-24/h2-10,19H,11-14H2,1H3,(H,23,25)/p+1/b22-15-/t19-/m0/s1. The number of hydrogen-bond donors (Lipinski definition) is 2. The molecule has 1 saturated heterocycles. The minimum Gasteiger partial charge on any atom is -0.370 e. The first-order chi connectivity index (χ1) is 12.6. The molecule has 0 aromatic heterocycles. The summed E-state index contributed by atoms with van der Waals surface area (Å²) in [5.41, 5.74) is 4.94. The lowest BCUT2D eigenvalue weighted by atomic mass is 10.0. The molecular weight excluding hydrogens is 333 g/mol. The fourth-order valence-electron chi connectivity index (χ4n) is 3.21. The molecule has 1 amide bonds. The number of nitrogens with zero attached hydrogens (tertiary/aromatic N) is 1. The van der Waals surface area contributed by atoms with Crippen molar-refractivity contribution in [3.63, 3.8) is 0 Å². The second-order valence-corrected chi connectivity index (χ2v) is 6.32. The van der Waals surface area contributed by atoms with E-state index in [2.05, 4.69) is 22.7 Å². The second kappa shape index (κ2) is 8.69. The highest BCUT2D eigenvalue weighted by atomic mass is 19.1. The first kappa shape index (κ1) is 18.2. The predicted molar refractivity (Wildman–Crippen MR) is 97.7 cm³/mol. The Labute approximate surface area is 152 Å². The third-order valence-electron chi connectivity index (χ3n) is 4.53. The number of hydrazone groups is 1. The Morgan fingerprint density at radius 1 is 1.12 bits per heavy atom. The minimum absolute atomic E-state index is 0.0496. The van der Waals surface area contributed by atoms with Gasteiger partial charge in [-0.1, -0.05) is 30.3 Å².